The van der Waals surface area contributed by atoms with Crippen molar-refractivity contribution in [3.8, 4) is 11.5 Å². The Hall–Kier alpha value is -2.17. The van der Waals surface area contributed by atoms with Gasteiger partial charge in [0.15, 0.2) is 0 Å². The number of rotatable bonds is 5. The first-order valence-corrected chi connectivity index (χ1v) is 5.76. The number of carboxylic acid groups (broad SMARTS) is 1. The molecule has 0 saturated carbocycles. The van der Waals surface area contributed by atoms with Gasteiger partial charge >= 0.3 is 5.97 Å². The third-order valence-corrected chi connectivity index (χ3v) is 2.51. The number of aliphatic carboxylic acids is 1. The standard InChI is InChI=1S/C13H14N2O3/c1-9-4-2-5-10(8-9)13-15-14-11(18-13)6-3-7-12(16)17/h2,4-5,8H,3,6-7H2,1H3,(H,16,17). The summed E-state index contributed by atoms with van der Waals surface area (Å²) in [4.78, 5) is 10.4. The number of benzene rings is 1. The van der Waals surface area contributed by atoms with E-state index in [9.17, 15) is 4.79 Å². The smallest absolute Gasteiger partial charge is 0.303 e. The molecule has 0 aliphatic rings. The molecule has 1 aromatic carbocycles. The molecule has 0 atom stereocenters. The maximum atomic E-state index is 10.4. The molecule has 0 spiro atoms. The summed E-state index contributed by atoms with van der Waals surface area (Å²) in [6.45, 7) is 1.99. The Labute approximate surface area is 104 Å². The predicted octanol–water partition coefficient (Wildman–Crippen LogP) is 2.45. The zero-order valence-corrected chi connectivity index (χ0v) is 10.1. The summed E-state index contributed by atoms with van der Waals surface area (Å²) in [5, 5.41) is 16.4. The second kappa shape index (κ2) is 5.44. The highest BCUT2D eigenvalue weighted by Crippen LogP contribution is 2.19. The number of hydrogen-bond acceptors (Lipinski definition) is 4. The van der Waals surface area contributed by atoms with Crippen molar-refractivity contribution in [2.75, 3.05) is 0 Å². The molecule has 0 saturated heterocycles. The van der Waals surface area contributed by atoms with Crippen molar-refractivity contribution in [3.05, 3.63) is 35.7 Å². The first kappa shape index (κ1) is 12.3. The quantitative estimate of drug-likeness (QED) is 0.876. The molecule has 2 aromatic rings. The average Bonchev–Trinajstić information content (AvgIpc) is 2.77. The Morgan fingerprint density at radius 1 is 1.39 bits per heavy atom. The lowest BCUT2D eigenvalue weighted by molar-refractivity contribution is -0.137. The minimum Gasteiger partial charge on any atom is -0.481 e. The van der Waals surface area contributed by atoms with Crippen LogP contribution in [0.5, 0.6) is 0 Å². The second-order valence-electron chi connectivity index (χ2n) is 4.12. The van der Waals surface area contributed by atoms with Gasteiger partial charge in [0, 0.05) is 18.4 Å². The predicted molar refractivity (Wildman–Crippen MR) is 65.0 cm³/mol. The summed E-state index contributed by atoms with van der Waals surface area (Å²) in [5.74, 6) is 0.144. The van der Waals surface area contributed by atoms with E-state index in [-0.39, 0.29) is 6.42 Å². The van der Waals surface area contributed by atoms with Crippen LogP contribution in [0, 0.1) is 6.92 Å². The Bertz CT molecular complexity index is 549. The highest BCUT2D eigenvalue weighted by atomic mass is 16.4. The molecule has 0 amide bonds. The summed E-state index contributed by atoms with van der Waals surface area (Å²) in [6, 6.07) is 7.79. The maximum absolute atomic E-state index is 10.4. The zero-order chi connectivity index (χ0) is 13.0. The molecule has 18 heavy (non-hydrogen) atoms. The Morgan fingerprint density at radius 2 is 2.22 bits per heavy atom. The van der Waals surface area contributed by atoms with E-state index < -0.39 is 5.97 Å². The largest absolute Gasteiger partial charge is 0.481 e. The number of aromatic nitrogens is 2. The van der Waals surface area contributed by atoms with E-state index >= 15 is 0 Å². The van der Waals surface area contributed by atoms with Gasteiger partial charge < -0.3 is 9.52 Å². The molecular weight excluding hydrogens is 232 g/mol. The van der Waals surface area contributed by atoms with Gasteiger partial charge in [-0.15, -0.1) is 10.2 Å². The van der Waals surface area contributed by atoms with E-state index in [1.165, 1.54) is 0 Å². The molecule has 1 N–H and O–H groups in total. The van der Waals surface area contributed by atoms with Gasteiger partial charge in [0.05, 0.1) is 0 Å². The third kappa shape index (κ3) is 3.16. The molecule has 2 rings (SSSR count). The number of carbonyl (C=O) groups is 1. The van der Waals surface area contributed by atoms with Gasteiger partial charge in [-0.1, -0.05) is 17.7 Å². The Kier molecular flexibility index (Phi) is 3.72. The fraction of sp³-hybridized carbons (Fsp3) is 0.308. The number of carboxylic acids is 1. The molecule has 0 bridgehead atoms. The molecule has 0 unspecified atom stereocenters. The normalized spacial score (nSPS) is 10.5. The minimum absolute atomic E-state index is 0.113. The van der Waals surface area contributed by atoms with Gasteiger partial charge in [0.25, 0.3) is 0 Å². The number of nitrogens with zero attached hydrogens (tertiary/aromatic N) is 2. The van der Waals surface area contributed by atoms with Crippen molar-refractivity contribution < 1.29 is 14.3 Å². The highest BCUT2D eigenvalue weighted by molar-refractivity contribution is 5.66. The van der Waals surface area contributed by atoms with Crippen LogP contribution in [-0.4, -0.2) is 21.3 Å². The SMILES string of the molecule is Cc1cccc(-c2nnc(CCCC(=O)O)o2)c1. The fourth-order valence-corrected chi connectivity index (χ4v) is 1.64. The van der Waals surface area contributed by atoms with Crippen molar-refractivity contribution in [2.45, 2.75) is 26.2 Å². The first-order valence-electron chi connectivity index (χ1n) is 5.76. The van der Waals surface area contributed by atoms with E-state index in [2.05, 4.69) is 10.2 Å². The molecule has 0 aliphatic carbocycles. The Morgan fingerprint density at radius 3 is 2.94 bits per heavy atom. The molecule has 94 valence electrons. The lowest BCUT2D eigenvalue weighted by Crippen LogP contribution is -1.95. The monoisotopic (exact) mass is 246 g/mol. The molecule has 1 aromatic heterocycles. The van der Waals surface area contributed by atoms with Gasteiger partial charge in [-0.3, -0.25) is 4.79 Å². The van der Waals surface area contributed by atoms with Gasteiger partial charge in [0.2, 0.25) is 11.8 Å². The highest BCUT2D eigenvalue weighted by Gasteiger charge is 2.09. The molecule has 0 radical (unpaired) electrons. The average molecular weight is 246 g/mol. The second-order valence-corrected chi connectivity index (χ2v) is 4.12. The summed E-state index contributed by atoms with van der Waals surface area (Å²) in [7, 11) is 0. The molecule has 1 heterocycles. The van der Waals surface area contributed by atoms with Crippen LogP contribution in [0.25, 0.3) is 11.5 Å². The number of aryl methyl sites for hydroxylation is 2. The molecule has 0 aliphatic heterocycles. The summed E-state index contributed by atoms with van der Waals surface area (Å²) < 4.78 is 5.49. The summed E-state index contributed by atoms with van der Waals surface area (Å²) in [6.07, 6.45) is 1.11. The van der Waals surface area contributed by atoms with Gasteiger partial charge in [-0.25, -0.2) is 0 Å². The zero-order valence-electron chi connectivity index (χ0n) is 10.1. The lowest BCUT2D eigenvalue weighted by atomic mass is 10.1. The van der Waals surface area contributed by atoms with Crippen molar-refractivity contribution >= 4 is 5.97 Å². The van der Waals surface area contributed by atoms with Crippen LogP contribution in [0.3, 0.4) is 0 Å². The van der Waals surface area contributed by atoms with Gasteiger partial charge in [0.1, 0.15) is 0 Å². The van der Waals surface area contributed by atoms with Crippen LogP contribution in [0.4, 0.5) is 0 Å². The molecular formula is C13H14N2O3. The summed E-state index contributed by atoms with van der Waals surface area (Å²) >= 11 is 0. The third-order valence-electron chi connectivity index (χ3n) is 2.51. The van der Waals surface area contributed by atoms with Crippen molar-refractivity contribution in [1.29, 1.82) is 0 Å². The van der Waals surface area contributed by atoms with Crippen molar-refractivity contribution in [3.63, 3.8) is 0 Å². The minimum atomic E-state index is -0.812. The van der Waals surface area contributed by atoms with Crippen LogP contribution >= 0.6 is 0 Å². The van der Waals surface area contributed by atoms with Crippen molar-refractivity contribution in [2.24, 2.45) is 0 Å². The first-order chi connectivity index (χ1) is 8.65. The van der Waals surface area contributed by atoms with E-state index in [0.29, 0.717) is 24.6 Å². The van der Waals surface area contributed by atoms with E-state index in [4.69, 9.17) is 9.52 Å². The molecule has 5 heteroatoms. The molecule has 5 nitrogen and oxygen atoms in total. The molecule has 0 fully saturated rings. The van der Waals surface area contributed by atoms with Gasteiger partial charge in [-0.2, -0.15) is 0 Å². The topological polar surface area (TPSA) is 76.2 Å². The number of hydrogen-bond donors (Lipinski definition) is 1. The van der Waals surface area contributed by atoms with Crippen LogP contribution in [-0.2, 0) is 11.2 Å². The summed E-state index contributed by atoms with van der Waals surface area (Å²) in [5.41, 5.74) is 2.00. The van der Waals surface area contributed by atoms with Crippen LogP contribution in [0.2, 0.25) is 0 Å². The van der Waals surface area contributed by atoms with E-state index in [0.717, 1.165) is 11.1 Å². The van der Waals surface area contributed by atoms with Crippen LogP contribution in [0.1, 0.15) is 24.3 Å². The lowest BCUT2D eigenvalue weighted by Gasteiger charge is -1.96. The maximum Gasteiger partial charge on any atom is 0.303 e. The van der Waals surface area contributed by atoms with Crippen LogP contribution < -0.4 is 0 Å². The van der Waals surface area contributed by atoms with Crippen molar-refractivity contribution in [1.82, 2.24) is 10.2 Å². The van der Waals surface area contributed by atoms with E-state index in [1.54, 1.807) is 0 Å². The Balaban J connectivity index is 2.04. The van der Waals surface area contributed by atoms with Gasteiger partial charge in [-0.05, 0) is 25.5 Å². The fourth-order valence-electron chi connectivity index (χ4n) is 1.64. The van der Waals surface area contributed by atoms with E-state index in [1.807, 2.05) is 31.2 Å². The van der Waals surface area contributed by atoms with Crippen LogP contribution in [0.15, 0.2) is 28.7 Å².